The molecule has 2 atom stereocenters. The van der Waals surface area contributed by atoms with E-state index in [0.717, 1.165) is 4.90 Å². The molecule has 2 fully saturated rings. The van der Waals surface area contributed by atoms with E-state index in [4.69, 9.17) is 0 Å². The molecule has 14 nitrogen and oxygen atoms in total. The Morgan fingerprint density at radius 1 is 0.618 bits per heavy atom. The zero-order valence-electron chi connectivity index (χ0n) is 36.0. The maximum Gasteiger partial charge on any atom is 0.346 e. The molecule has 16 heteroatoms. The second-order valence-corrected chi connectivity index (χ2v) is 17.8. The van der Waals surface area contributed by atoms with Gasteiger partial charge in [-0.05, 0) is 64.2 Å². The van der Waals surface area contributed by atoms with Crippen molar-refractivity contribution in [2.75, 3.05) is 58.9 Å². The fourth-order valence-corrected chi connectivity index (χ4v) is 8.35. The van der Waals surface area contributed by atoms with Crippen LogP contribution in [0.25, 0.3) is 0 Å². The van der Waals surface area contributed by atoms with E-state index >= 15 is 0 Å². The number of amides is 3. The summed E-state index contributed by atoms with van der Waals surface area (Å²) in [5.41, 5.74) is 0. The topological polar surface area (TPSA) is 176 Å². The van der Waals surface area contributed by atoms with Crippen molar-refractivity contribution in [3.8, 4) is 0 Å². The molecular formula is C39H81N5O9S2. The Labute approximate surface area is 337 Å². The number of fused-ring (bicyclic) bond motifs is 2. The summed E-state index contributed by atoms with van der Waals surface area (Å²) in [4.78, 5) is 24.3. The third-order valence-electron chi connectivity index (χ3n) is 10.9. The first kappa shape index (κ1) is 53.4. The fraction of sp³-hybridized carbons (Fsp3) is 0.949. The number of hydroxylamine groups is 2. The summed E-state index contributed by atoms with van der Waals surface area (Å²) in [7, 11) is -10.2. The third-order valence-corrected chi connectivity index (χ3v) is 11.7. The van der Waals surface area contributed by atoms with Gasteiger partial charge in [0, 0.05) is 6.54 Å². The van der Waals surface area contributed by atoms with Crippen molar-refractivity contribution in [2.45, 2.75) is 183 Å². The fourth-order valence-electron chi connectivity index (χ4n) is 7.58. The van der Waals surface area contributed by atoms with E-state index in [9.17, 15) is 35.5 Å². The highest BCUT2D eigenvalue weighted by atomic mass is 32.3. The Morgan fingerprint density at radius 2 is 0.927 bits per heavy atom. The number of rotatable bonds is 28. The van der Waals surface area contributed by atoms with Gasteiger partial charge in [-0.2, -0.15) is 9.35 Å². The Bertz CT molecular complexity index is 1140. The highest BCUT2D eigenvalue weighted by Crippen LogP contribution is 2.30. The van der Waals surface area contributed by atoms with Crippen molar-refractivity contribution in [3.63, 3.8) is 0 Å². The minimum Gasteiger partial charge on any atom is -0.731 e. The van der Waals surface area contributed by atoms with E-state index in [-0.39, 0.29) is 19.4 Å². The van der Waals surface area contributed by atoms with Crippen molar-refractivity contribution >= 4 is 32.6 Å². The molecule has 0 aromatic heterocycles. The van der Waals surface area contributed by atoms with Gasteiger partial charge in [0.25, 0.3) is 5.91 Å². The van der Waals surface area contributed by atoms with Crippen LogP contribution in [0.2, 0.25) is 0 Å². The predicted octanol–water partition coefficient (Wildman–Crippen LogP) is 7.23. The Balaban J connectivity index is 0.000000804. The van der Waals surface area contributed by atoms with Crippen molar-refractivity contribution in [1.29, 1.82) is 0 Å². The molecule has 0 unspecified atom stereocenters. The molecule has 2 heterocycles. The first-order valence-electron chi connectivity index (χ1n) is 21.7. The molecule has 2 aliphatic heterocycles. The number of nitrogens with one attached hydrogen (secondary N) is 1. The molecule has 2 bridgehead atoms. The van der Waals surface area contributed by atoms with Gasteiger partial charge in [0.2, 0.25) is 10.4 Å². The van der Waals surface area contributed by atoms with Gasteiger partial charge >= 0.3 is 6.03 Å². The lowest BCUT2D eigenvalue weighted by atomic mass is 10.0. The van der Waals surface area contributed by atoms with E-state index in [0.29, 0.717) is 5.06 Å². The molecule has 0 spiro atoms. The van der Waals surface area contributed by atoms with Gasteiger partial charge in [0.15, 0.2) is 10.3 Å². The number of unbranched alkanes of at least 4 members (excludes halogenated alkanes) is 8. The standard InChI is InChI=1S/2C16H36N.C7H11N3O9S2/c2*1-5-9-13-17(14-10-6-2,15-11-7-3)16-12-8-4;11-6(8-20(13,14)15)5-2-1-4-3-9(5)7(12)10(4)19-21(16,17)18/h2*5-16H2,1-4H3;4-5H,1-3H2,(H,8,11)(H,13,14,15)(H,16,17,18)/q2*+1;/p-2/t;;4-,5+/m..1/s1. The van der Waals surface area contributed by atoms with Crippen LogP contribution in [0.4, 0.5) is 4.79 Å². The molecule has 55 heavy (non-hydrogen) atoms. The molecule has 0 aromatic rings. The van der Waals surface area contributed by atoms with E-state index < -0.39 is 44.7 Å². The van der Waals surface area contributed by atoms with Crippen molar-refractivity contribution in [1.82, 2.24) is 14.7 Å². The summed E-state index contributed by atoms with van der Waals surface area (Å²) in [6.45, 7) is 29.9. The average molecular weight is 828 g/mol. The van der Waals surface area contributed by atoms with E-state index in [1.54, 1.807) is 0 Å². The SMILES string of the molecule is CCCC[N+](CCCC)(CCCC)CCCC.CCCC[N+](CCCC)(CCCC)CCCC.O=C(NS(=O)(=O)[O-])[C@@H]1CC[C@@H]2CN1C(=O)N2OS(=O)(=O)[O-]. The lowest BCUT2D eigenvalue weighted by Gasteiger charge is -2.39. The second kappa shape index (κ2) is 28.8. The van der Waals surface area contributed by atoms with E-state index in [2.05, 4.69) is 59.7 Å². The van der Waals surface area contributed by atoms with E-state index in [1.807, 2.05) is 0 Å². The number of carbonyl (C=O) groups excluding carboxylic acids is 2. The van der Waals surface area contributed by atoms with Crippen LogP contribution in [0.1, 0.15) is 171 Å². The Hall–Kier alpha value is -1.56. The molecule has 2 aliphatic rings. The van der Waals surface area contributed by atoms with Gasteiger partial charge < -0.3 is 23.0 Å². The molecule has 1 N–H and O–H groups in total. The number of piperidine rings is 1. The Kier molecular flexibility index (Phi) is 28.0. The summed E-state index contributed by atoms with van der Waals surface area (Å²) in [6, 6.07) is -3.09. The van der Waals surface area contributed by atoms with Crippen LogP contribution in [0.3, 0.4) is 0 Å². The van der Waals surface area contributed by atoms with Gasteiger partial charge in [-0.15, -0.1) is 0 Å². The molecule has 2 saturated heterocycles. The maximum absolute atomic E-state index is 11.9. The smallest absolute Gasteiger partial charge is 0.346 e. The van der Waals surface area contributed by atoms with Crippen LogP contribution in [0, 0.1) is 0 Å². The van der Waals surface area contributed by atoms with Crippen LogP contribution < -0.4 is 4.72 Å². The summed E-state index contributed by atoms with van der Waals surface area (Å²) in [5, 5.41) is 0.335. The second-order valence-electron chi connectivity index (χ2n) is 15.7. The summed E-state index contributed by atoms with van der Waals surface area (Å²) >= 11 is 0. The number of hydrogen-bond acceptors (Lipinski definition) is 9. The number of carbonyl (C=O) groups is 2. The van der Waals surface area contributed by atoms with Crippen molar-refractivity contribution in [2.24, 2.45) is 0 Å². The average Bonchev–Trinajstić information content (AvgIpc) is 3.36. The summed E-state index contributed by atoms with van der Waals surface area (Å²) in [6.07, 6.45) is 22.2. The van der Waals surface area contributed by atoms with Gasteiger partial charge in [0.05, 0.1) is 58.4 Å². The predicted molar refractivity (Wildman–Crippen MR) is 218 cm³/mol. The zero-order chi connectivity index (χ0) is 42.0. The van der Waals surface area contributed by atoms with Crippen molar-refractivity contribution in [3.05, 3.63) is 0 Å². The van der Waals surface area contributed by atoms with Crippen LogP contribution in [-0.2, 0) is 29.8 Å². The number of quaternary nitrogens is 2. The minimum absolute atomic E-state index is 0.0173. The highest BCUT2D eigenvalue weighted by Gasteiger charge is 2.49. The van der Waals surface area contributed by atoms with E-state index in [1.165, 1.54) is 169 Å². The first-order valence-corrected chi connectivity index (χ1v) is 24.4. The molecule has 0 aliphatic carbocycles. The van der Waals surface area contributed by atoms with Gasteiger partial charge in [-0.25, -0.2) is 21.6 Å². The van der Waals surface area contributed by atoms with Gasteiger partial charge in [-0.3, -0.25) is 9.52 Å². The van der Waals surface area contributed by atoms with Crippen LogP contribution in [0.5, 0.6) is 0 Å². The largest absolute Gasteiger partial charge is 0.731 e. The molecule has 3 amide bonds. The monoisotopic (exact) mass is 828 g/mol. The maximum atomic E-state index is 11.9. The molecule has 328 valence electrons. The molecule has 0 aromatic carbocycles. The molecule has 0 radical (unpaired) electrons. The Morgan fingerprint density at radius 3 is 1.18 bits per heavy atom. The number of nitrogens with zero attached hydrogens (tertiary/aromatic N) is 4. The molecule has 0 saturated carbocycles. The normalized spacial score (nSPS) is 17.4. The number of hydrogen-bond donors (Lipinski definition) is 1. The van der Waals surface area contributed by atoms with Gasteiger partial charge in [-0.1, -0.05) is 107 Å². The highest BCUT2D eigenvalue weighted by molar-refractivity contribution is 7.84. The zero-order valence-corrected chi connectivity index (χ0v) is 37.7. The summed E-state index contributed by atoms with van der Waals surface area (Å²) in [5.74, 6) is -1.20. The van der Waals surface area contributed by atoms with Crippen molar-refractivity contribution < 1.29 is 48.8 Å². The lowest BCUT2D eigenvalue weighted by Crippen LogP contribution is -2.50. The molecular weight excluding hydrogens is 747 g/mol. The quantitative estimate of drug-likeness (QED) is 0.0485. The van der Waals surface area contributed by atoms with Crippen LogP contribution in [-0.4, -0.2) is 128 Å². The van der Waals surface area contributed by atoms with Gasteiger partial charge in [0.1, 0.15) is 6.04 Å². The number of urea groups is 1. The first-order chi connectivity index (χ1) is 26.0. The lowest BCUT2D eigenvalue weighted by molar-refractivity contribution is -0.929. The minimum atomic E-state index is -5.16. The van der Waals surface area contributed by atoms with Crippen LogP contribution in [0.15, 0.2) is 0 Å². The molecule has 2 rings (SSSR count). The van der Waals surface area contributed by atoms with Crippen LogP contribution >= 0.6 is 0 Å². The summed E-state index contributed by atoms with van der Waals surface area (Å²) < 4.78 is 71.1. The third kappa shape index (κ3) is 22.2.